The maximum atomic E-state index is 6.02. The van der Waals surface area contributed by atoms with E-state index in [1.54, 1.807) is 0 Å². The highest BCUT2D eigenvalue weighted by Gasteiger charge is 2.25. The smallest absolute Gasteiger partial charge is 0.133 e. The maximum Gasteiger partial charge on any atom is 0.133 e. The zero-order valence-corrected chi connectivity index (χ0v) is 13.2. The zero-order valence-electron chi connectivity index (χ0n) is 13.2. The molecule has 0 fully saturated rings. The average Bonchev–Trinajstić information content (AvgIpc) is 2.47. The second-order valence-corrected chi connectivity index (χ2v) is 5.93. The molecule has 0 aliphatic rings. The molecular formula is C17H24N4. The van der Waals surface area contributed by atoms with Crippen LogP contribution in [0.3, 0.4) is 0 Å². The van der Waals surface area contributed by atoms with Crippen LogP contribution in [0.15, 0.2) is 36.4 Å². The average molecular weight is 284 g/mol. The quantitative estimate of drug-likeness (QED) is 0.885. The molecule has 21 heavy (non-hydrogen) atoms. The number of benzene rings is 1. The molecule has 0 saturated carbocycles. The van der Waals surface area contributed by atoms with E-state index in [1.165, 1.54) is 0 Å². The summed E-state index contributed by atoms with van der Waals surface area (Å²) in [6, 6.07) is 12.2. The molecule has 0 radical (unpaired) electrons. The molecule has 0 amide bonds. The Morgan fingerprint density at radius 2 is 1.86 bits per heavy atom. The number of rotatable bonds is 5. The lowest BCUT2D eigenvalue weighted by Gasteiger charge is -2.31. The van der Waals surface area contributed by atoms with Crippen molar-refractivity contribution in [3.63, 3.8) is 0 Å². The van der Waals surface area contributed by atoms with Crippen molar-refractivity contribution in [3.05, 3.63) is 53.5 Å². The van der Waals surface area contributed by atoms with E-state index in [0.717, 1.165) is 22.9 Å². The largest absolute Gasteiger partial charge is 0.359 e. The molecule has 0 aliphatic carbocycles. The van der Waals surface area contributed by atoms with E-state index in [4.69, 9.17) is 5.73 Å². The molecule has 3 N–H and O–H groups in total. The van der Waals surface area contributed by atoms with Gasteiger partial charge in [0.05, 0.1) is 5.54 Å². The summed E-state index contributed by atoms with van der Waals surface area (Å²) in [7, 11) is 0. The van der Waals surface area contributed by atoms with Gasteiger partial charge in [0.2, 0.25) is 0 Å². The summed E-state index contributed by atoms with van der Waals surface area (Å²) in [4.78, 5) is 9.09. The first-order valence-corrected chi connectivity index (χ1v) is 7.34. The lowest BCUT2D eigenvalue weighted by atomic mass is 9.92. The predicted molar refractivity (Wildman–Crippen MR) is 87.3 cm³/mol. The Kier molecular flexibility index (Phi) is 4.58. The van der Waals surface area contributed by atoms with E-state index in [9.17, 15) is 0 Å². The summed E-state index contributed by atoms with van der Waals surface area (Å²) in [5.74, 6) is 1.97. The van der Waals surface area contributed by atoms with Gasteiger partial charge in [0, 0.05) is 24.2 Å². The van der Waals surface area contributed by atoms with Gasteiger partial charge < -0.3 is 11.1 Å². The molecular weight excluding hydrogens is 260 g/mol. The lowest BCUT2D eigenvalue weighted by Crippen LogP contribution is -2.40. The Bertz CT molecular complexity index is 595. The number of hydrogen-bond acceptors (Lipinski definition) is 4. The summed E-state index contributed by atoms with van der Waals surface area (Å²) in [6.07, 6.45) is 0. The molecule has 0 saturated heterocycles. The van der Waals surface area contributed by atoms with Crippen molar-refractivity contribution < 1.29 is 0 Å². The Balaban J connectivity index is 2.35. The summed E-state index contributed by atoms with van der Waals surface area (Å²) in [5.41, 5.74) is 7.78. The predicted octanol–water partition coefficient (Wildman–Crippen LogP) is 3.19. The Hall–Kier alpha value is -1.94. The first kappa shape index (κ1) is 15.4. The van der Waals surface area contributed by atoms with E-state index in [1.807, 2.05) is 31.2 Å². The monoisotopic (exact) mass is 284 g/mol. The Labute approximate surface area is 126 Å². The van der Waals surface area contributed by atoms with Crippen molar-refractivity contribution in [2.45, 2.75) is 39.2 Å². The highest BCUT2D eigenvalue weighted by atomic mass is 15.1. The van der Waals surface area contributed by atoms with Gasteiger partial charge in [-0.15, -0.1) is 0 Å². The third-order valence-electron chi connectivity index (χ3n) is 3.61. The summed E-state index contributed by atoms with van der Waals surface area (Å²) >= 11 is 0. The standard InChI is InChI=1S/C17H24N4/c1-12(2)16-19-13(3)10-15(20-16)21-17(4,11-18)14-8-6-5-7-9-14/h5-10,12H,11,18H2,1-4H3,(H,19,20,21). The summed E-state index contributed by atoms with van der Waals surface area (Å²) in [6.45, 7) is 8.75. The Morgan fingerprint density at radius 3 is 2.43 bits per heavy atom. The van der Waals surface area contributed by atoms with Crippen LogP contribution in [0.5, 0.6) is 0 Å². The molecule has 1 unspecified atom stereocenters. The topological polar surface area (TPSA) is 63.8 Å². The fourth-order valence-corrected chi connectivity index (χ4v) is 2.24. The van der Waals surface area contributed by atoms with Crippen molar-refractivity contribution >= 4 is 5.82 Å². The molecule has 2 rings (SSSR count). The van der Waals surface area contributed by atoms with Crippen LogP contribution in [0.4, 0.5) is 5.82 Å². The summed E-state index contributed by atoms with van der Waals surface area (Å²) < 4.78 is 0. The lowest BCUT2D eigenvalue weighted by molar-refractivity contribution is 0.552. The minimum atomic E-state index is -0.351. The van der Waals surface area contributed by atoms with Crippen LogP contribution >= 0.6 is 0 Å². The first-order valence-electron chi connectivity index (χ1n) is 7.34. The van der Waals surface area contributed by atoms with E-state index in [0.29, 0.717) is 12.5 Å². The fourth-order valence-electron chi connectivity index (χ4n) is 2.24. The number of anilines is 1. The van der Waals surface area contributed by atoms with Crippen LogP contribution in [-0.2, 0) is 5.54 Å². The van der Waals surface area contributed by atoms with E-state index in [2.05, 4.69) is 48.2 Å². The fraction of sp³-hybridized carbons (Fsp3) is 0.412. The van der Waals surface area contributed by atoms with Gasteiger partial charge in [0.1, 0.15) is 11.6 Å². The van der Waals surface area contributed by atoms with Crippen LogP contribution in [0.1, 0.15) is 43.8 Å². The SMILES string of the molecule is Cc1cc(NC(C)(CN)c2ccccc2)nc(C(C)C)n1. The number of nitrogens with one attached hydrogen (secondary N) is 1. The molecule has 4 heteroatoms. The Morgan fingerprint density at radius 1 is 1.19 bits per heavy atom. The maximum absolute atomic E-state index is 6.02. The number of nitrogens with zero attached hydrogens (tertiary/aromatic N) is 2. The molecule has 4 nitrogen and oxygen atoms in total. The van der Waals surface area contributed by atoms with Gasteiger partial charge in [0.25, 0.3) is 0 Å². The van der Waals surface area contributed by atoms with Crippen molar-refractivity contribution in [2.75, 3.05) is 11.9 Å². The zero-order chi connectivity index (χ0) is 15.5. The van der Waals surface area contributed by atoms with Crippen LogP contribution in [0, 0.1) is 6.92 Å². The van der Waals surface area contributed by atoms with Crippen LogP contribution in [-0.4, -0.2) is 16.5 Å². The van der Waals surface area contributed by atoms with Crippen LogP contribution in [0.2, 0.25) is 0 Å². The minimum absolute atomic E-state index is 0.298. The van der Waals surface area contributed by atoms with Gasteiger partial charge in [-0.2, -0.15) is 0 Å². The van der Waals surface area contributed by atoms with Gasteiger partial charge in [-0.25, -0.2) is 9.97 Å². The number of aryl methyl sites for hydroxylation is 1. The van der Waals surface area contributed by atoms with Gasteiger partial charge in [-0.3, -0.25) is 0 Å². The molecule has 0 aliphatic heterocycles. The van der Waals surface area contributed by atoms with Gasteiger partial charge >= 0.3 is 0 Å². The van der Waals surface area contributed by atoms with E-state index < -0.39 is 0 Å². The van der Waals surface area contributed by atoms with Crippen molar-refractivity contribution in [2.24, 2.45) is 5.73 Å². The molecule has 0 spiro atoms. The van der Waals surface area contributed by atoms with Gasteiger partial charge in [-0.05, 0) is 19.4 Å². The third kappa shape index (κ3) is 3.58. The van der Waals surface area contributed by atoms with E-state index in [-0.39, 0.29) is 5.54 Å². The molecule has 112 valence electrons. The summed E-state index contributed by atoms with van der Waals surface area (Å²) in [5, 5.41) is 3.48. The van der Waals surface area contributed by atoms with Gasteiger partial charge in [-0.1, -0.05) is 44.2 Å². The van der Waals surface area contributed by atoms with E-state index >= 15 is 0 Å². The molecule has 1 heterocycles. The van der Waals surface area contributed by atoms with Crippen LogP contribution < -0.4 is 11.1 Å². The van der Waals surface area contributed by atoms with Crippen LogP contribution in [0.25, 0.3) is 0 Å². The molecule has 2 aromatic rings. The number of hydrogen-bond donors (Lipinski definition) is 2. The van der Waals surface area contributed by atoms with Crippen molar-refractivity contribution in [1.29, 1.82) is 0 Å². The van der Waals surface area contributed by atoms with Gasteiger partial charge in [0.15, 0.2) is 0 Å². The van der Waals surface area contributed by atoms with Crippen molar-refractivity contribution in [3.8, 4) is 0 Å². The first-order chi connectivity index (χ1) is 9.94. The molecule has 1 aromatic carbocycles. The molecule has 1 atom stereocenters. The highest BCUT2D eigenvalue weighted by molar-refractivity contribution is 5.43. The second kappa shape index (κ2) is 6.22. The number of nitrogens with two attached hydrogens (primary N) is 1. The molecule has 0 bridgehead atoms. The molecule has 1 aromatic heterocycles. The highest BCUT2D eigenvalue weighted by Crippen LogP contribution is 2.25. The normalized spacial score (nSPS) is 14.0. The van der Waals surface area contributed by atoms with Crippen molar-refractivity contribution in [1.82, 2.24) is 9.97 Å². The minimum Gasteiger partial charge on any atom is -0.359 e. The third-order valence-corrected chi connectivity index (χ3v) is 3.61. The number of aromatic nitrogens is 2. The second-order valence-electron chi connectivity index (χ2n) is 5.93.